The zero-order valence-corrected chi connectivity index (χ0v) is 12.6. The minimum absolute atomic E-state index is 0. The van der Waals surface area contributed by atoms with Gasteiger partial charge in [-0.2, -0.15) is 0 Å². The largest absolute Gasteiger partial charge is 0.0622 e. The van der Waals surface area contributed by atoms with Crippen molar-refractivity contribution in [2.75, 3.05) is 0 Å². The Morgan fingerprint density at radius 1 is 0.588 bits per heavy atom. The first kappa shape index (κ1) is 16.1. The Morgan fingerprint density at radius 3 is 1.06 bits per heavy atom. The van der Waals surface area contributed by atoms with Crippen molar-refractivity contribution in [3.8, 4) is 0 Å². The zero-order chi connectivity index (χ0) is 11.6. The average Bonchev–Trinajstić information content (AvgIpc) is 2.41. The van der Waals surface area contributed by atoms with Crippen molar-refractivity contribution in [3.63, 3.8) is 0 Å². The van der Waals surface area contributed by atoms with Crippen LogP contribution in [0.2, 0.25) is 0 Å². The van der Waals surface area contributed by atoms with Gasteiger partial charge in [-0.1, -0.05) is 74.5 Å². The molecule has 0 fully saturated rings. The third kappa shape index (κ3) is 7.13. The minimum Gasteiger partial charge on any atom is -0.0622 e. The van der Waals surface area contributed by atoms with Gasteiger partial charge in [-0.15, -0.1) is 0 Å². The molecule has 0 saturated heterocycles. The van der Waals surface area contributed by atoms with Crippen molar-refractivity contribution in [3.05, 3.63) is 71.8 Å². The topological polar surface area (TPSA) is 0 Å². The van der Waals surface area contributed by atoms with Crippen LogP contribution < -0.4 is 0 Å². The maximum atomic E-state index is 2.16. The summed E-state index contributed by atoms with van der Waals surface area (Å²) in [6.07, 6.45) is 2.28. The first-order valence-electron chi connectivity index (χ1n) is 5.94. The second-order valence-corrected chi connectivity index (χ2v) is 3.68. The van der Waals surface area contributed by atoms with Crippen LogP contribution in [-0.4, -0.2) is 0 Å². The predicted octanol–water partition coefficient (Wildman–Crippen LogP) is 4.50. The molecule has 0 N–H and O–H groups in total. The van der Waals surface area contributed by atoms with Crippen LogP contribution in [0.15, 0.2) is 60.7 Å². The summed E-state index contributed by atoms with van der Waals surface area (Å²) < 4.78 is 0. The van der Waals surface area contributed by atoms with Crippen LogP contribution in [0.1, 0.15) is 25.0 Å². The second kappa shape index (κ2) is 10.3. The molecule has 2 aromatic carbocycles. The standard InChI is InChI=1S/2C8H10.Mo/c2*1-2-8-6-4-3-5-7-8;/h2*3-7H,2H2,1H3;. The van der Waals surface area contributed by atoms with Crippen LogP contribution in [0.3, 0.4) is 0 Å². The Labute approximate surface area is 119 Å². The monoisotopic (exact) mass is 310 g/mol. The quantitative estimate of drug-likeness (QED) is 0.717. The van der Waals surface area contributed by atoms with Crippen LogP contribution in [0, 0.1) is 0 Å². The molecule has 0 spiro atoms. The van der Waals surface area contributed by atoms with Crippen LogP contribution in [0.5, 0.6) is 0 Å². The Hall–Kier alpha value is -0.872. The van der Waals surface area contributed by atoms with E-state index in [2.05, 4.69) is 62.4 Å². The normalized spacial score (nSPS) is 8.59. The van der Waals surface area contributed by atoms with E-state index in [0.29, 0.717) is 0 Å². The smallest absolute Gasteiger partial charge is 0 e. The number of rotatable bonds is 2. The van der Waals surface area contributed by atoms with Crippen molar-refractivity contribution in [2.45, 2.75) is 26.7 Å². The SMILES string of the molecule is CCc1ccccc1.CCc1ccccc1.[Mo]. The van der Waals surface area contributed by atoms with E-state index in [0.717, 1.165) is 12.8 Å². The molecule has 0 aromatic heterocycles. The molecule has 2 aromatic rings. The molecule has 0 amide bonds. The maximum Gasteiger partial charge on any atom is 0 e. The van der Waals surface area contributed by atoms with Crippen LogP contribution >= 0.6 is 0 Å². The van der Waals surface area contributed by atoms with E-state index < -0.39 is 0 Å². The van der Waals surface area contributed by atoms with Crippen molar-refractivity contribution in [1.29, 1.82) is 0 Å². The molecule has 90 valence electrons. The van der Waals surface area contributed by atoms with Gasteiger partial charge in [0.15, 0.2) is 0 Å². The van der Waals surface area contributed by atoms with Gasteiger partial charge in [0, 0.05) is 21.1 Å². The van der Waals surface area contributed by atoms with Gasteiger partial charge in [-0.05, 0) is 24.0 Å². The molecule has 0 bridgehead atoms. The van der Waals surface area contributed by atoms with Gasteiger partial charge in [0.05, 0.1) is 0 Å². The maximum absolute atomic E-state index is 2.16. The fraction of sp³-hybridized carbons (Fsp3) is 0.250. The summed E-state index contributed by atoms with van der Waals surface area (Å²) in [7, 11) is 0. The van der Waals surface area contributed by atoms with Gasteiger partial charge >= 0.3 is 0 Å². The zero-order valence-electron chi connectivity index (χ0n) is 10.6. The molecule has 0 unspecified atom stereocenters. The van der Waals surface area contributed by atoms with Gasteiger partial charge in [-0.3, -0.25) is 0 Å². The third-order valence-electron chi connectivity index (χ3n) is 2.50. The summed E-state index contributed by atoms with van der Waals surface area (Å²) in [5.41, 5.74) is 2.82. The first-order chi connectivity index (χ1) is 7.86. The molecule has 1 heteroatoms. The van der Waals surface area contributed by atoms with Crippen LogP contribution in [0.4, 0.5) is 0 Å². The van der Waals surface area contributed by atoms with Gasteiger partial charge in [0.1, 0.15) is 0 Å². The Balaban J connectivity index is 0.000000284. The van der Waals surface area contributed by atoms with Gasteiger partial charge in [0.25, 0.3) is 0 Å². The summed E-state index contributed by atoms with van der Waals surface area (Å²) in [6.45, 7) is 4.32. The van der Waals surface area contributed by atoms with E-state index >= 15 is 0 Å². The van der Waals surface area contributed by atoms with E-state index in [1.165, 1.54) is 11.1 Å². The van der Waals surface area contributed by atoms with Crippen molar-refractivity contribution < 1.29 is 21.1 Å². The molecule has 0 aliphatic rings. The number of hydrogen-bond acceptors (Lipinski definition) is 0. The molecule has 0 aliphatic carbocycles. The summed E-state index contributed by atoms with van der Waals surface area (Å²) in [5, 5.41) is 0. The number of hydrogen-bond donors (Lipinski definition) is 0. The fourth-order valence-electron chi connectivity index (χ4n) is 1.43. The fourth-order valence-corrected chi connectivity index (χ4v) is 1.43. The number of aryl methyl sites for hydroxylation is 2. The molecule has 0 heterocycles. The molecular formula is C16H20Mo. The average molecular weight is 308 g/mol. The van der Waals surface area contributed by atoms with E-state index in [-0.39, 0.29) is 21.1 Å². The molecule has 0 radical (unpaired) electrons. The van der Waals surface area contributed by atoms with Gasteiger partial charge < -0.3 is 0 Å². The Bertz CT molecular complexity index is 328. The Morgan fingerprint density at radius 2 is 0.882 bits per heavy atom. The van der Waals surface area contributed by atoms with Crippen molar-refractivity contribution in [1.82, 2.24) is 0 Å². The number of benzene rings is 2. The Kier molecular flexibility index (Phi) is 9.77. The summed E-state index contributed by atoms with van der Waals surface area (Å²) in [6, 6.07) is 20.9. The van der Waals surface area contributed by atoms with E-state index in [1.807, 2.05) is 12.1 Å². The first-order valence-corrected chi connectivity index (χ1v) is 5.94. The predicted molar refractivity (Wildman–Crippen MR) is 71.6 cm³/mol. The summed E-state index contributed by atoms with van der Waals surface area (Å²) >= 11 is 0. The van der Waals surface area contributed by atoms with Gasteiger partial charge in [-0.25, -0.2) is 0 Å². The molecular weight excluding hydrogens is 288 g/mol. The molecule has 0 atom stereocenters. The van der Waals surface area contributed by atoms with E-state index in [1.54, 1.807) is 0 Å². The van der Waals surface area contributed by atoms with Crippen LogP contribution in [0.25, 0.3) is 0 Å². The summed E-state index contributed by atoms with van der Waals surface area (Å²) in [4.78, 5) is 0. The molecule has 0 aliphatic heterocycles. The van der Waals surface area contributed by atoms with Gasteiger partial charge in [0.2, 0.25) is 0 Å². The van der Waals surface area contributed by atoms with Crippen LogP contribution in [-0.2, 0) is 33.9 Å². The van der Waals surface area contributed by atoms with E-state index in [4.69, 9.17) is 0 Å². The van der Waals surface area contributed by atoms with E-state index in [9.17, 15) is 0 Å². The van der Waals surface area contributed by atoms with Crippen molar-refractivity contribution >= 4 is 0 Å². The molecule has 17 heavy (non-hydrogen) atoms. The summed E-state index contributed by atoms with van der Waals surface area (Å²) in [5.74, 6) is 0. The third-order valence-corrected chi connectivity index (χ3v) is 2.50. The molecule has 0 saturated carbocycles. The molecule has 2 rings (SSSR count). The molecule has 0 nitrogen and oxygen atoms in total. The van der Waals surface area contributed by atoms with Crippen molar-refractivity contribution in [2.24, 2.45) is 0 Å². The second-order valence-electron chi connectivity index (χ2n) is 3.68. The minimum atomic E-state index is 0.